The molecule has 7 nitrogen and oxygen atoms in total. The highest BCUT2D eigenvalue weighted by atomic mass is 32.2. The van der Waals surface area contributed by atoms with Crippen LogP contribution in [-0.4, -0.2) is 39.6 Å². The minimum absolute atomic E-state index is 0.183. The summed E-state index contributed by atoms with van der Waals surface area (Å²) in [6.45, 7) is 1.84. The number of benzene rings is 2. The first-order valence-corrected chi connectivity index (χ1v) is 10.3. The van der Waals surface area contributed by atoms with Gasteiger partial charge in [-0.25, -0.2) is 8.42 Å². The van der Waals surface area contributed by atoms with E-state index >= 15 is 0 Å². The van der Waals surface area contributed by atoms with Crippen LogP contribution < -0.4 is 14.9 Å². The van der Waals surface area contributed by atoms with Gasteiger partial charge < -0.3 is 10.6 Å². The second kappa shape index (κ2) is 7.03. The second-order valence-electron chi connectivity index (χ2n) is 6.57. The molecule has 0 saturated carbocycles. The molecule has 1 heterocycles. The van der Waals surface area contributed by atoms with Gasteiger partial charge in [0.25, 0.3) is 11.8 Å². The molecular weight excluding hydrogens is 366 g/mol. The molecule has 8 heteroatoms. The number of nitrogens with zero attached hydrogens (tertiary/aromatic N) is 1. The normalized spacial score (nSPS) is 16.0. The smallest absolute Gasteiger partial charge is 0.255 e. The Labute approximate surface area is 158 Å². The molecule has 0 bridgehead atoms. The number of rotatable bonds is 4. The molecule has 27 heavy (non-hydrogen) atoms. The highest BCUT2D eigenvalue weighted by molar-refractivity contribution is 7.92. The van der Waals surface area contributed by atoms with Crippen LogP contribution >= 0.6 is 0 Å². The van der Waals surface area contributed by atoms with Crippen LogP contribution in [0.2, 0.25) is 0 Å². The second-order valence-corrected chi connectivity index (χ2v) is 8.43. The average Bonchev–Trinajstić information content (AvgIpc) is 2.96. The van der Waals surface area contributed by atoms with E-state index in [2.05, 4.69) is 10.6 Å². The molecule has 2 amide bonds. The SMILES string of the molecule is CNC(=O)c1cccc(NC(=O)c2ccc3c(c2)CC(C)N3S(C)(=O)=O)c1. The van der Waals surface area contributed by atoms with Crippen LogP contribution in [0.3, 0.4) is 0 Å². The van der Waals surface area contributed by atoms with E-state index in [4.69, 9.17) is 0 Å². The number of anilines is 2. The van der Waals surface area contributed by atoms with E-state index in [9.17, 15) is 18.0 Å². The summed E-state index contributed by atoms with van der Waals surface area (Å²) < 4.78 is 25.4. The van der Waals surface area contributed by atoms with Crippen LogP contribution in [0.25, 0.3) is 0 Å². The lowest BCUT2D eigenvalue weighted by atomic mass is 10.1. The van der Waals surface area contributed by atoms with Crippen molar-refractivity contribution in [2.45, 2.75) is 19.4 Å². The number of fused-ring (bicyclic) bond motifs is 1. The Bertz CT molecular complexity index is 1020. The number of hydrogen-bond acceptors (Lipinski definition) is 4. The van der Waals surface area contributed by atoms with Crippen LogP contribution in [0.1, 0.15) is 33.2 Å². The summed E-state index contributed by atoms with van der Waals surface area (Å²) in [5, 5.41) is 5.31. The Morgan fingerprint density at radius 3 is 2.44 bits per heavy atom. The number of carbonyl (C=O) groups excluding carboxylic acids is 2. The fraction of sp³-hybridized carbons (Fsp3) is 0.263. The van der Waals surface area contributed by atoms with Crippen molar-refractivity contribution < 1.29 is 18.0 Å². The van der Waals surface area contributed by atoms with Crippen LogP contribution in [0.5, 0.6) is 0 Å². The largest absolute Gasteiger partial charge is 0.355 e. The molecule has 3 rings (SSSR count). The Morgan fingerprint density at radius 2 is 1.78 bits per heavy atom. The standard InChI is InChI=1S/C19H21N3O4S/c1-12-9-15-10-14(7-8-17(15)22(12)27(3,25)26)19(24)21-16-6-4-5-13(11-16)18(23)20-2/h4-8,10-12H,9H2,1-3H3,(H,20,23)(H,21,24). The third-order valence-electron chi connectivity index (χ3n) is 4.46. The van der Waals surface area contributed by atoms with Crippen molar-refractivity contribution in [3.05, 3.63) is 59.2 Å². The molecular formula is C19H21N3O4S. The Morgan fingerprint density at radius 1 is 1.07 bits per heavy atom. The van der Waals surface area contributed by atoms with E-state index in [1.807, 2.05) is 6.92 Å². The molecule has 0 saturated heterocycles. The topological polar surface area (TPSA) is 95.6 Å². The van der Waals surface area contributed by atoms with Gasteiger partial charge >= 0.3 is 0 Å². The van der Waals surface area contributed by atoms with E-state index in [0.717, 1.165) is 5.56 Å². The summed E-state index contributed by atoms with van der Waals surface area (Å²) in [5.74, 6) is -0.559. The number of carbonyl (C=O) groups is 2. The van der Waals surface area contributed by atoms with Crippen molar-refractivity contribution in [3.8, 4) is 0 Å². The molecule has 1 aliphatic rings. The first kappa shape index (κ1) is 18.9. The number of sulfonamides is 1. The van der Waals surface area contributed by atoms with E-state index in [0.29, 0.717) is 28.9 Å². The highest BCUT2D eigenvalue weighted by Gasteiger charge is 2.32. The van der Waals surface area contributed by atoms with Gasteiger partial charge in [0.2, 0.25) is 10.0 Å². The van der Waals surface area contributed by atoms with Crippen molar-refractivity contribution in [3.63, 3.8) is 0 Å². The number of amides is 2. The third-order valence-corrected chi connectivity index (χ3v) is 5.73. The van der Waals surface area contributed by atoms with Crippen molar-refractivity contribution >= 4 is 33.2 Å². The average molecular weight is 387 g/mol. The van der Waals surface area contributed by atoms with Gasteiger partial charge in [-0.15, -0.1) is 0 Å². The van der Waals surface area contributed by atoms with Crippen LogP contribution in [0.4, 0.5) is 11.4 Å². The zero-order valence-corrected chi connectivity index (χ0v) is 16.1. The molecule has 2 aromatic rings. The van der Waals surface area contributed by atoms with Crippen molar-refractivity contribution in [2.24, 2.45) is 0 Å². The lowest BCUT2D eigenvalue weighted by Gasteiger charge is -2.21. The summed E-state index contributed by atoms with van der Waals surface area (Å²) in [6, 6.07) is 11.4. The van der Waals surface area contributed by atoms with Crippen LogP contribution in [0.15, 0.2) is 42.5 Å². The first-order chi connectivity index (χ1) is 12.7. The Balaban J connectivity index is 1.84. The molecule has 142 valence electrons. The van der Waals surface area contributed by atoms with Crippen molar-refractivity contribution in [2.75, 3.05) is 22.9 Å². The summed E-state index contributed by atoms with van der Waals surface area (Å²) >= 11 is 0. The fourth-order valence-electron chi connectivity index (χ4n) is 3.34. The molecule has 0 radical (unpaired) electrons. The van der Waals surface area contributed by atoms with Gasteiger partial charge in [-0.05, 0) is 55.3 Å². The molecule has 1 unspecified atom stereocenters. The summed E-state index contributed by atoms with van der Waals surface area (Å²) in [4.78, 5) is 24.3. The van der Waals surface area contributed by atoms with E-state index < -0.39 is 10.0 Å². The molecule has 0 spiro atoms. The van der Waals surface area contributed by atoms with E-state index in [-0.39, 0.29) is 17.9 Å². The molecule has 2 aromatic carbocycles. The number of nitrogens with one attached hydrogen (secondary N) is 2. The zero-order chi connectivity index (χ0) is 19.8. The molecule has 0 fully saturated rings. The Hall–Kier alpha value is -2.87. The summed E-state index contributed by atoms with van der Waals surface area (Å²) in [6.07, 6.45) is 1.73. The summed E-state index contributed by atoms with van der Waals surface area (Å²) in [5.41, 5.74) is 2.82. The van der Waals surface area contributed by atoms with Gasteiger partial charge in [-0.3, -0.25) is 13.9 Å². The maximum Gasteiger partial charge on any atom is 0.255 e. The zero-order valence-electron chi connectivity index (χ0n) is 15.3. The maximum absolute atomic E-state index is 12.6. The first-order valence-electron chi connectivity index (χ1n) is 8.46. The molecule has 0 aromatic heterocycles. The van der Waals surface area contributed by atoms with Gasteiger partial charge in [0.15, 0.2) is 0 Å². The quantitative estimate of drug-likeness (QED) is 0.839. The minimum Gasteiger partial charge on any atom is -0.355 e. The maximum atomic E-state index is 12.6. The van der Waals surface area contributed by atoms with E-state index in [1.165, 1.54) is 10.6 Å². The molecule has 2 N–H and O–H groups in total. The third kappa shape index (κ3) is 3.80. The molecule has 0 aliphatic carbocycles. The Kier molecular flexibility index (Phi) is 4.93. The predicted octanol–water partition coefficient (Wildman–Crippen LogP) is 2.01. The highest BCUT2D eigenvalue weighted by Crippen LogP contribution is 2.34. The van der Waals surface area contributed by atoms with Gasteiger partial charge in [0.1, 0.15) is 0 Å². The minimum atomic E-state index is -3.37. The van der Waals surface area contributed by atoms with Crippen LogP contribution in [-0.2, 0) is 16.4 Å². The summed E-state index contributed by atoms with van der Waals surface area (Å²) in [7, 11) is -1.83. The molecule has 1 aliphatic heterocycles. The monoisotopic (exact) mass is 387 g/mol. The fourth-order valence-corrected chi connectivity index (χ4v) is 4.60. The van der Waals surface area contributed by atoms with Gasteiger partial charge in [-0.2, -0.15) is 0 Å². The molecule has 1 atom stereocenters. The van der Waals surface area contributed by atoms with Crippen molar-refractivity contribution in [1.29, 1.82) is 0 Å². The van der Waals surface area contributed by atoms with E-state index in [1.54, 1.807) is 49.5 Å². The number of hydrogen-bond donors (Lipinski definition) is 2. The predicted molar refractivity (Wildman–Crippen MR) is 105 cm³/mol. The van der Waals surface area contributed by atoms with Gasteiger partial charge in [-0.1, -0.05) is 6.07 Å². The van der Waals surface area contributed by atoms with Gasteiger partial charge in [0, 0.05) is 29.9 Å². The lowest BCUT2D eigenvalue weighted by molar-refractivity contribution is 0.0961. The van der Waals surface area contributed by atoms with Crippen molar-refractivity contribution in [1.82, 2.24) is 5.32 Å². The van der Waals surface area contributed by atoms with Gasteiger partial charge in [0.05, 0.1) is 11.9 Å². The lowest BCUT2D eigenvalue weighted by Crippen LogP contribution is -2.34. The van der Waals surface area contributed by atoms with Crippen LogP contribution in [0, 0.1) is 0 Å².